The van der Waals surface area contributed by atoms with Crippen molar-refractivity contribution in [1.29, 1.82) is 0 Å². The van der Waals surface area contributed by atoms with E-state index in [1.165, 1.54) is 16.9 Å². The molecule has 1 amide bonds. The molecule has 0 aliphatic carbocycles. The number of rotatable bonds is 4. The minimum atomic E-state index is -0.195. The molecule has 0 fully saturated rings. The van der Waals surface area contributed by atoms with E-state index in [-0.39, 0.29) is 11.9 Å². The number of aromatic nitrogens is 1. The van der Waals surface area contributed by atoms with E-state index in [1.54, 1.807) is 5.38 Å². The molecule has 20 heavy (non-hydrogen) atoms. The highest BCUT2D eigenvalue weighted by molar-refractivity contribution is 7.09. The van der Waals surface area contributed by atoms with Gasteiger partial charge in [-0.2, -0.15) is 0 Å². The largest absolute Gasteiger partial charge is 0.322 e. The standard InChI is InChI=1S/C15H19N3OS/c1-4-12(16)15-18-13(8-20-15)14(19)17-11-6-5-9(2)10(3)7-11/h5-8,12H,4,16H2,1-3H3,(H,17,19). The normalized spacial score (nSPS) is 12.2. The van der Waals surface area contributed by atoms with E-state index in [9.17, 15) is 4.79 Å². The first-order chi connectivity index (χ1) is 9.51. The second-order valence-corrected chi connectivity index (χ2v) is 5.73. The number of nitrogens with two attached hydrogens (primary N) is 1. The first-order valence-corrected chi connectivity index (χ1v) is 7.48. The van der Waals surface area contributed by atoms with Gasteiger partial charge < -0.3 is 11.1 Å². The number of anilines is 1. The number of amides is 1. The lowest BCUT2D eigenvalue weighted by Crippen LogP contribution is -2.14. The molecule has 0 bridgehead atoms. The Labute approximate surface area is 123 Å². The van der Waals surface area contributed by atoms with Crippen molar-refractivity contribution in [2.24, 2.45) is 5.73 Å². The third-order valence-electron chi connectivity index (χ3n) is 3.28. The van der Waals surface area contributed by atoms with Gasteiger partial charge in [0.25, 0.3) is 5.91 Å². The van der Waals surface area contributed by atoms with E-state index >= 15 is 0 Å². The number of thiazole rings is 1. The molecule has 0 spiro atoms. The summed E-state index contributed by atoms with van der Waals surface area (Å²) in [5, 5.41) is 5.42. The van der Waals surface area contributed by atoms with Crippen molar-refractivity contribution in [2.75, 3.05) is 5.32 Å². The van der Waals surface area contributed by atoms with Crippen molar-refractivity contribution in [3.8, 4) is 0 Å². The van der Waals surface area contributed by atoms with Crippen molar-refractivity contribution in [1.82, 2.24) is 4.98 Å². The number of hydrogen-bond acceptors (Lipinski definition) is 4. The lowest BCUT2D eigenvalue weighted by Gasteiger charge is -2.06. The van der Waals surface area contributed by atoms with Crippen molar-refractivity contribution in [3.05, 3.63) is 45.4 Å². The van der Waals surface area contributed by atoms with Gasteiger partial charge in [-0.1, -0.05) is 13.0 Å². The zero-order chi connectivity index (χ0) is 14.7. The quantitative estimate of drug-likeness (QED) is 0.906. The third kappa shape index (κ3) is 3.23. The number of carbonyl (C=O) groups excluding carboxylic acids is 1. The summed E-state index contributed by atoms with van der Waals surface area (Å²) in [7, 11) is 0. The van der Waals surface area contributed by atoms with Crippen LogP contribution in [0, 0.1) is 13.8 Å². The number of nitrogens with zero attached hydrogens (tertiary/aromatic N) is 1. The minimum Gasteiger partial charge on any atom is -0.322 e. The summed E-state index contributed by atoms with van der Waals surface area (Å²) in [6.07, 6.45) is 0.811. The average molecular weight is 289 g/mol. The fourth-order valence-electron chi connectivity index (χ4n) is 1.75. The molecular weight excluding hydrogens is 270 g/mol. The zero-order valence-corrected chi connectivity index (χ0v) is 12.8. The van der Waals surface area contributed by atoms with E-state index in [0.29, 0.717) is 5.69 Å². The molecule has 1 aromatic carbocycles. The Balaban J connectivity index is 2.11. The van der Waals surface area contributed by atoms with E-state index in [0.717, 1.165) is 22.7 Å². The first-order valence-electron chi connectivity index (χ1n) is 6.61. The molecule has 0 aliphatic rings. The molecule has 2 rings (SSSR count). The number of hydrogen-bond donors (Lipinski definition) is 2. The lowest BCUT2D eigenvalue weighted by atomic mass is 10.1. The molecule has 1 heterocycles. The van der Waals surface area contributed by atoms with Crippen LogP contribution in [0.25, 0.3) is 0 Å². The van der Waals surface area contributed by atoms with Crippen LogP contribution < -0.4 is 11.1 Å². The van der Waals surface area contributed by atoms with E-state index in [2.05, 4.69) is 10.3 Å². The molecule has 1 atom stereocenters. The Morgan fingerprint density at radius 2 is 2.15 bits per heavy atom. The second-order valence-electron chi connectivity index (χ2n) is 4.84. The number of benzene rings is 1. The molecular formula is C15H19N3OS. The van der Waals surface area contributed by atoms with Gasteiger partial charge in [0, 0.05) is 11.1 Å². The molecule has 0 saturated carbocycles. The van der Waals surface area contributed by atoms with Crippen LogP contribution in [0.5, 0.6) is 0 Å². The topological polar surface area (TPSA) is 68.0 Å². The van der Waals surface area contributed by atoms with Crippen LogP contribution in [-0.4, -0.2) is 10.9 Å². The summed E-state index contributed by atoms with van der Waals surface area (Å²) in [5.74, 6) is -0.195. The highest BCUT2D eigenvalue weighted by Crippen LogP contribution is 2.20. The maximum absolute atomic E-state index is 12.1. The molecule has 1 unspecified atom stereocenters. The van der Waals surface area contributed by atoms with E-state index in [1.807, 2.05) is 39.0 Å². The molecule has 4 nitrogen and oxygen atoms in total. The minimum absolute atomic E-state index is 0.0943. The monoisotopic (exact) mass is 289 g/mol. The molecule has 2 aromatic rings. The van der Waals surface area contributed by atoms with Crippen molar-refractivity contribution in [2.45, 2.75) is 33.2 Å². The summed E-state index contributed by atoms with van der Waals surface area (Å²) in [5.41, 5.74) is 9.47. The van der Waals surface area contributed by atoms with Crippen LogP contribution in [0.2, 0.25) is 0 Å². The summed E-state index contributed by atoms with van der Waals surface area (Å²) in [6, 6.07) is 5.75. The summed E-state index contributed by atoms with van der Waals surface area (Å²) in [4.78, 5) is 16.4. The SMILES string of the molecule is CCC(N)c1nc(C(=O)Nc2ccc(C)c(C)c2)cs1. The highest BCUT2D eigenvalue weighted by Gasteiger charge is 2.14. The number of nitrogens with one attached hydrogen (secondary N) is 1. The first kappa shape index (κ1) is 14.7. The van der Waals surface area contributed by atoms with E-state index < -0.39 is 0 Å². The van der Waals surface area contributed by atoms with Crippen LogP contribution in [0.15, 0.2) is 23.6 Å². The smallest absolute Gasteiger partial charge is 0.275 e. The van der Waals surface area contributed by atoms with Crippen molar-refractivity contribution in [3.63, 3.8) is 0 Å². The predicted octanol–water partition coefficient (Wildman–Crippen LogP) is 3.42. The molecule has 0 aliphatic heterocycles. The molecule has 0 saturated heterocycles. The molecule has 5 heteroatoms. The zero-order valence-electron chi connectivity index (χ0n) is 11.9. The lowest BCUT2D eigenvalue weighted by molar-refractivity contribution is 0.102. The number of aryl methyl sites for hydroxylation is 2. The van der Waals surface area contributed by atoms with Gasteiger partial charge in [0.15, 0.2) is 0 Å². The van der Waals surface area contributed by atoms with Crippen LogP contribution in [-0.2, 0) is 0 Å². The maximum atomic E-state index is 12.1. The maximum Gasteiger partial charge on any atom is 0.275 e. The average Bonchev–Trinajstić information content (AvgIpc) is 2.92. The Kier molecular flexibility index (Phi) is 4.52. The molecule has 1 aromatic heterocycles. The van der Waals surface area contributed by atoms with Crippen LogP contribution in [0.4, 0.5) is 5.69 Å². The Bertz CT molecular complexity index is 621. The fourth-order valence-corrected chi connectivity index (χ4v) is 2.64. The summed E-state index contributed by atoms with van der Waals surface area (Å²) >= 11 is 1.43. The van der Waals surface area contributed by atoms with Gasteiger partial charge in [0.05, 0.1) is 6.04 Å². The van der Waals surface area contributed by atoms with Gasteiger partial charge in [-0.25, -0.2) is 4.98 Å². The third-order valence-corrected chi connectivity index (χ3v) is 4.25. The summed E-state index contributed by atoms with van der Waals surface area (Å²) in [6.45, 7) is 6.06. The molecule has 106 valence electrons. The van der Waals surface area contributed by atoms with Crippen molar-refractivity contribution >= 4 is 22.9 Å². The second kappa shape index (κ2) is 6.15. The van der Waals surface area contributed by atoms with Crippen LogP contribution in [0.1, 0.15) is 46.0 Å². The fraction of sp³-hybridized carbons (Fsp3) is 0.333. The predicted molar refractivity (Wildman–Crippen MR) is 83.2 cm³/mol. The Hall–Kier alpha value is -1.72. The van der Waals surface area contributed by atoms with Gasteiger partial charge in [0.1, 0.15) is 10.7 Å². The van der Waals surface area contributed by atoms with E-state index in [4.69, 9.17) is 5.73 Å². The molecule has 3 N–H and O–H groups in total. The van der Waals surface area contributed by atoms with Gasteiger partial charge in [-0.05, 0) is 43.5 Å². The van der Waals surface area contributed by atoms with Gasteiger partial charge in [0.2, 0.25) is 0 Å². The van der Waals surface area contributed by atoms with Crippen LogP contribution in [0.3, 0.4) is 0 Å². The van der Waals surface area contributed by atoms with Crippen molar-refractivity contribution < 1.29 is 4.79 Å². The number of carbonyl (C=O) groups is 1. The van der Waals surface area contributed by atoms with Crippen LogP contribution >= 0.6 is 11.3 Å². The Morgan fingerprint density at radius 1 is 1.40 bits per heavy atom. The molecule has 0 radical (unpaired) electrons. The van der Waals surface area contributed by atoms with Gasteiger partial charge in [-0.3, -0.25) is 4.79 Å². The van der Waals surface area contributed by atoms with Gasteiger partial charge in [-0.15, -0.1) is 11.3 Å². The summed E-state index contributed by atoms with van der Waals surface area (Å²) < 4.78 is 0. The highest BCUT2D eigenvalue weighted by atomic mass is 32.1. The van der Waals surface area contributed by atoms with Gasteiger partial charge >= 0.3 is 0 Å². The Morgan fingerprint density at radius 3 is 2.80 bits per heavy atom.